The van der Waals surface area contributed by atoms with Crippen molar-refractivity contribution in [1.29, 1.82) is 0 Å². The Morgan fingerprint density at radius 3 is 2.38 bits per heavy atom. The number of piperazine rings is 1. The lowest BCUT2D eigenvalue weighted by Crippen LogP contribution is -2.45. The third kappa shape index (κ3) is 5.63. The molecule has 0 radical (unpaired) electrons. The number of rotatable bonds is 7. The number of benzene rings is 1. The number of likely N-dealkylation sites (N-methyl/N-ethyl adjacent to an activating group) is 1. The molecule has 1 aliphatic rings. The van der Waals surface area contributed by atoms with Gasteiger partial charge in [-0.15, -0.1) is 0 Å². The smallest absolute Gasteiger partial charge is 0.280 e. The number of aromatic nitrogens is 3. The molecule has 7 nitrogen and oxygen atoms in total. The van der Waals surface area contributed by atoms with E-state index in [4.69, 9.17) is 10.5 Å². The molecule has 0 amide bonds. The van der Waals surface area contributed by atoms with Gasteiger partial charge in [-0.25, -0.2) is 18.2 Å². The van der Waals surface area contributed by atoms with Crippen LogP contribution in [0, 0.1) is 12.7 Å². The van der Waals surface area contributed by atoms with E-state index >= 15 is 0 Å². The summed E-state index contributed by atoms with van der Waals surface area (Å²) in [4.78, 5) is 17.1. The highest BCUT2D eigenvalue weighted by molar-refractivity contribution is 5.85. The molecule has 34 heavy (non-hydrogen) atoms. The van der Waals surface area contributed by atoms with Crippen molar-refractivity contribution in [3.05, 3.63) is 53.6 Å². The molecule has 0 saturated carbocycles. The summed E-state index contributed by atoms with van der Waals surface area (Å²) < 4.78 is 46.7. The first kappa shape index (κ1) is 23.9. The quantitative estimate of drug-likeness (QED) is 0.560. The molecule has 4 rings (SSSR count). The predicted molar refractivity (Wildman–Crippen MR) is 124 cm³/mol. The number of nitrogens with two attached hydrogens (primary N) is 1. The summed E-state index contributed by atoms with van der Waals surface area (Å²) >= 11 is 0. The van der Waals surface area contributed by atoms with Crippen molar-refractivity contribution in [1.82, 2.24) is 24.8 Å². The maximum atomic E-state index is 13.6. The molecular formula is C24H27F3N6O. The van der Waals surface area contributed by atoms with E-state index in [1.807, 2.05) is 0 Å². The second kappa shape index (κ2) is 10.4. The number of halogens is 3. The minimum Gasteiger partial charge on any atom is -0.476 e. The number of hydrogen-bond donors (Lipinski definition) is 1. The third-order valence-electron chi connectivity index (χ3n) is 5.74. The number of aryl methyl sites for hydroxylation is 1. The van der Waals surface area contributed by atoms with E-state index < -0.39 is 12.2 Å². The van der Waals surface area contributed by atoms with Gasteiger partial charge >= 0.3 is 0 Å². The fourth-order valence-corrected chi connectivity index (χ4v) is 3.93. The van der Waals surface area contributed by atoms with Crippen molar-refractivity contribution in [3.8, 4) is 28.3 Å². The molecule has 1 saturated heterocycles. The first-order valence-corrected chi connectivity index (χ1v) is 11.0. The van der Waals surface area contributed by atoms with Crippen LogP contribution in [0.25, 0.3) is 22.4 Å². The van der Waals surface area contributed by atoms with Crippen LogP contribution in [0.15, 0.2) is 36.4 Å². The van der Waals surface area contributed by atoms with E-state index in [2.05, 4.69) is 31.8 Å². The number of nitrogen functional groups attached to an aromatic ring is 1. The largest absolute Gasteiger partial charge is 0.476 e. The minimum absolute atomic E-state index is 0.0301. The second-order valence-corrected chi connectivity index (χ2v) is 8.33. The molecule has 0 atom stereocenters. The molecule has 3 aromatic rings. The van der Waals surface area contributed by atoms with Gasteiger partial charge in [0, 0.05) is 44.0 Å². The highest BCUT2D eigenvalue weighted by atomic mass is 19.3. The van der Waals surface area contributed by atoms with Crippen molar-refractivity contribution in [3.63, 3.8) is 0 Å². The van der Waals surface area contributed by atoms with Gasteiger partial charge in [-0.2, -0.15) is 4.98 Å². The molecule has 1 aromatic carbocycles. The zero-order valence-electron chi connectivity index (χ0n) is 19.1. The van der Waals surface area contributed by atoms with Crippen LogP contribution in [0.4, 0.5) is 19.1 Å². The minimum atomic E-state index is -2.75. The van der Waals surface area contributed by atoms with E-state index in [0.717, 1.165) is 26.2 Å². The zero-order chi connectivity index (χ0) is 24.2. The Morgan fingerprint density at radius 1 is 1.00 bits per heavy atom. The highest BCUT2D eigenvalue weighted by Gasteiger charge is 2.22. The van der Waals surface area contributed by atoms with E-state index in [1.54, 1.807) is 25.1 Å². The first-order valence-electron chi connectivity index (χ1n) is 11.0. The molecule has 10 heteroatoms. The van der Waals surface area contributed by atoms with E-state index in [-0.39, 0.29) is 17.5 Å². The Hall–Kier alpha value is -3.24. The Balaban J connectivity index is 1.74. The van der Waals surface area contributed by atoms with Gasteiger partial charge in [-0.05, 0) is 55.9 Å². The number of ether oxygens (including phenoxy) is 1. The van der Waals surface area contributed by atoms with Gasteiger partial charge < -0.3 is 15.4 Å². The lowest BCUT2D eigenvalue weighted by atomic mass is 9.99. The van der Waals surface area contributed by atoms with Crippen molar-refractivity contribution in [2.45, 2.75) is 13.3 Å². The highest BCUT2D eigenvalue weighted by Crippen LogP contribution is 2.39. The average Bonchev–Trinajstić information content (AvgIpc) is 2.80. The summed E-state index contributed by atoms with van der Waals surface area (Å²) in [6.45, 7) is 6.48. The van der Waals surface area contributed by atoms with Crippen LogP contribution in [0.1, 0.15) is 17.8 Å². The molecule has 0 aliphatic carbocycles. The van der Waals surface area contributed by atoms with Gasteiger partial charge in [-0.1, -0.05) is 0 Å². The van der Waals surface area contributed by atoms with Crippen LogP contribution in [-0.2, 0) is 0 Å². The first-order chi connectivity index (χ1) is 16.3. The summed E-state index contributed by atoms with van der Waals surface area (Å²) in [6.07, 6.45) is -2.75. The van der Waals surface area contributed by atoms with Crippen molar-refractivity contribution >= 4 is 5.95 Å². The maximum Gasteiger partial charge on any atom is 0.280 e. The molecule has 2 N–H and O–H groups in total. The Kier molecular flexibility index (Phi) is 7.28. The number of alkyl halides is 2. The topological polar surface area (TPSA) is 80.4 Å². The van der Waals surface area contributed by atoms with Crippen molar-refractivity contribution in [2.24, 2.45) is 0 Å². The molecule has 1 fully saturated rings. The van der Waals surface area contributed by atoms with Crippen LogP contribution in [0.3, 0.4) is 0 Å². The van der Waals surface area contributed by atoms with Crippen LogP contribution in [0.5, 0.6) is 5.88 Å². The zero-order valence-corrected chi connectivity index (χ0v) is 19.1. The monoisotopic (exact) mass is 472 g/mol. The predicted octanol–water partition coefficient (Wildman–Crippen LogP) is 3.80. The van der Waals surface area contributed by atoms with Crippen molar-refractivity contribution < 1.29 is 17.9 Å². The van der Waals surface area contributed by atoms with Gasteiger partial charge in [0.15, 0.2) is 0 Å². The second-order valence-electron chi connectivity index (χ2n) is 8.33. The molecule has 3 heterocycles. The van der Waals surface area contributed by atoms with Crippen LogP contribution in [-0.4, -0.2) is 71.1 Å². The number of pyridine rings is 1. The standard InChI is InChI=1S/C24H27F3N6O/c1-15-13-17(14-19(29-15)22(26)27)20-21(16-3-5-18(25)6-4-16)30-24(28)31-23(20)34-12-11-33-9-7-32(2)8-10-33/h3-6,13-14,22H,7-12H2,1-2H3,(H2,28,30,31). The van der Waals surface area contributed by atoms with Crippen LogP contribution >= 0.6 is 0 Å². The summed E-state index contributed by atoms with van der Waals surface area (Å²) in [5.74, 6) is -0.250. The fraction of sp³-hybridized carbons (Fsp3) is 0.375. The Morgan fingerprint density at radius 2 is 1.71 bits per heavy atom. The van der Waals surface area contributed by atoms with Gasteiger partial charge in [0.05, 0.1) is 11.3 Å². The van der Waals surface area contributed by atoms with Gasteiger partial charge in [0.2, 0.25) is 11.8 Å². The normalized spacial score (nSPS) is 15.1. The lowest BCUT2D eigenvalue weighted by Gasteiger charge is -2.32. The van der Waals surface area contributed by atoms with Crippen LogP contribution in [0.2, 0.25) is 0 Å². The molecule has 2 aromatic heterocycles. The number of hydrogen-bond acceptors (Lipinski definition) is 7. The molecule has 0 bridgehead atoms. The van der Waals surface area contributed by atoms with Crippen LogP contribution < -0.4 is 10.5 Å². The molecule has 1 aliphatic heterocycles. The summed E-state index contributed by atoms with van der Waals surface area (Å²) in [5, 5.41) is 0. The molecule has 0 spiro atoms. The van der Waals surface area contributed by atoms with Gasteiger partial charge in [-0.3, -0.25) is 9.88 Å². The molecule has 0 unspecified atom stereocenters. The van der Waals surface area contributed by atoms with Gasteiger partial charge in [0.25, 0.3) is 6.43 Å². The van der Waals surface area contributed by atoms with Crippen molar-refractivity contribution in [2.75, 3.05) is 52.1 Å². The summed E-state index contributed by atoms with van der Waals surface area (Å²) in [6, 6.07) is 8.67. The SMILES string of the molecule is Cc1cc(-c2c(OCCN3CCN(C)CC3)nc(N)nc2-c2ccc(F)cc2)cc(C(F)F)n1. The Labute approximate surface area is 196 Å². The third-order valence-corrected chi connectivity index (χ3v) is 5.74. The maximum absolute atomic E-state index is 13.6. The molecule has 180 valence electrons. The lowest BCUT2D eigenvalue weighted by molar-refractivity contribution is 0.132. The van der Waals surface area contributed by atoms with E-state index in [1.165, 1.54) is 18.2 Å². The average molecular weight is 473 g/mol. The summed E-state index contributed by atoms with van der Waals surface area (Å²) in [7, 11) is 2.09. The fourth-order valence-electron chi connectivity index (χ4n) is 3.93. The van der Waals surface area contributed by atoms with Gasteiger partial charge in [0.1, 0.15) is 18.1 Å². The van der Waals surface area contributed by atoms with E-state index in [0.29, 0.717) is 41.2 Å². The van der Waals surface area contributed by atoms with E-state index in [9.17, 15) is 13.2 Å². The summed E-state index contributed by atoms with van der Waals surface area (Å²) in [5.41, 5.74) is 7.80. The Bertz CT molecular complexity index is 1130. The number of nitrogens with zero attached hydrogens (tertiary/aromatic N) is 5. The number of anilines is 1. The molecular weight excluding hydrogens is 445 g/mol.